The Hall–Kier alpha value is -4.37. The molecule has 38 heavy (non-hydrogen) atoms. The van der Waals surface area contributed by atoms with Gasteiger partial charge in [-0.05, 0) is 67.7 Å². The van der Waals surface area contributed by atoms with Crippen molar-refractivity contribution >= 4 is 62.4 Å². The lowest BCUT2D eigenvalue weighted by Gasteiger charge is -2.09. The van der Waals surface area contributed by atoms with Gasteiger partial charge in [0.1, 0.15) is 29.3 Å². The lowest BCUT2D eigenvalue weighted by molar-refractivity contribution is -0.116. The van der Waals surface area contributed by atoms with Crippen LogP contribution in [0.4, 0.5) is 10.7 Å². The molecule has 1 aliphatic carbocycles. The highest BCUT2D eigenvalue weighted by Crippen LogP contribution is 2.38. The number of thiophene rings is 1. The zero-order valence-corrected chi connectivity index (χ0v) is 21.8. The van der Waals surface area contributed by atoms with Crippen LogP contribution < -0.4 is 10.6 Å². The summed E-state index contributed by atoms with van der Waals surface area (Å²) in [5.41, 5.74) is 3.48. The van der Waals surface area contributed by atoms with Crippen molar-refractivity contribution in [2.24, 2.45) is 0 Å². The molecule has 0 aliphatic heterocycles. The Bertz CT molecular complexity index is 1670. The Morgan fingerprint density at radius 2 is 1.82 bits per heavy atom. The predicted octanol–water partition coefficient (Wildman–Crippen LogP) is 6.29. The molecule has 0 saturated carbocycles. The fourth-order valence-corrected chi connectivity index (χ4v) is 6.02. The Morgan fingerprint density at radius 3 is 2.58 bits per heavy atom. The van der Waals surface area contributed by atoms with E-state index < -0.39 is 5.91 Å². The zero-order chi connectivity index (χ0) is 26.6. The number of hydrogen-bond acceptors (Lipinski definition) is 5. The Labute approximate surface area is 228 Å². The molecule has 2 amide bonds. The van der Waals surface area contributed by atoms with Crippen molar-refractivity contribution in [2.75, 3.05) is 10.6 Å². The minimum Gasteiger partial charge on any atom is -0.337 e. The van der Waals surface area contributed by atoms with Gasteiger partial charge in [-0.25, -0.2) is 0 Å². The van der Waals surface area contributed by atoms with Gasteiger partial charge in [-0.2, -0.15) is 10.5 Å². The van der Waals surface area contributed by atoms with E-state index in [1.54, 1.807) is 35.0 Å². The van der Waals surface area contributed by atoms with E-state index in [0.29, 0.717) is 26.8 Å². The third kappa shape index (κ3) is 5.19. The maximum atomic E-state index is 13.1. The number of nitrogens with zero attached hydrogens (tertiary/aromatic N) is 3. The number of carbonyl (C=O) groups is 2. The number of benzene rings is 2. The van der Waals surface area contributed by atoms with Gasteiger partial charge >= 0.3 is 0 Å². The van der Waals surface area contributed by atoms with Crippen LogP contribution in [0.5, 0.6) is 0 Å². The molecule has 2 heterocycles. The summed E-state index contributed by atoms with van der Waals surface area (Å²) in [6, 6.07) is 18.5. The number of nitrogens with one attached hydrogen (secondary N) is 2. The third-order valence-corrected chi connectivity index (χ3v) is 7.90. The van der Waals surface area contributed by atoms with Gasteiger partial charge in [0.2, 0.25) is 5.91 Å². The van der Waals surface area contributed by atoms with Gasteiger partial charge in [0.05, 0.1) is 5.56 Å². The number of para-hydroxylation sites is 1. The van der Waals surface area contributed by atoms with Crippen molar-refractivity contribution in [2.45, 2.75) is 32.2 Å². The molecule has 4 aromatic rings. The van der Waals surface area contributed by atoms with Crippen molar-refractivity contribution in [1.82, 2.24) is 4.57 Å². The van der Waals surface area contributed by atoms with Crippen molar-refractivity contribution < 1.29 is 9.59 Å². The van der Waals surface area contributed by atoms with Gasteiger partial charge in [-0.1, -0.05) is 29.8 Å². The minimum absolute atomic E-state index is 0.0390. The molecule has 2 aromatic carbocycles. The van der Waals surface area contributed by atoms with Crippen LogP contribution in [0, 0.1) is 22.7 Å². The molecule has 0 unspecified atom stereocenters. The number of nitriles is 2. The van der Waals surface area contributed by atoms with E-state index in [2.05, 4.69) is 16.7 Å². The molecular formula is C29H22ClN5O2S. The molecule has 0 atom stereocenters. The van der Waals surface area contributed by atoms with Crippen molar-refractivity contribution in [3.63, 3.8) is 0 Å². The van der Waals surface area contributed by atoms with Gasteiger partial charge in [-0.15, -0.1) is 11.3 Å². The monoisotopic (exact) mass is 539 g/mol. The minimum atomic E-state index is -0.570. The molecule has 0 spiro atoms. The SMILES string of the molecule is N#C/C(=C\c1cn(CC(=O)Nc2ccc(Cl)cc2)c2ccccc12)C(=O)Nc1sc2c(c1C#N)CCCC2. The molecule has 2 aromatic heterocycles. The number of halogens is 1. The molecule has 5 rings (SSSR count). The Morgan fingerprint density at radius 1 is 1.05 bits per heavy atom. The van der Waals surface area contributed by atoms with Crippen LogP contribution in [-0.4, -0.2) is 16.4 Å². The number of anilines is 2. The summed E-state index contributed by atoms with van der Waals surface area (Å²) in [4.78, 5) is 27.0. The smallest absolute Gasteiger partial charge is 0.266 e. The molecule has 2 N–H and O–H groups in total. The highest BCUT2D eigenvalue weighted by molar-refractivity contribution is 7.16. The largest absolute Gasteiger partial charge is 0.337 e. The molecule has 0 fully saturated rings. The van der Waals surface area contributed by atoms with Crippen LogP contribution in [-0.2, 0) is 29.0 Å². The first-order valence-corrected chi connectivity index (χ1v) is 13.3. The summed E-state index contributed by atoms with van der Waals surface area (Å²) in [5.74, 6) is -0.799. The predicted molar refractivity (Wildman–Crippen MR) is 150 cm³/mol. The van der Waals surface area contributed by atoms with E-state index in [1.807, 2.05) is 30.3 Å². The number of aryl methyl sites for hydroxylation is 1. The van der Waals surface area contributed by atoms with Crippen LogP contribution in [0.1, 0.15) is 34.4 Å². The van der Waals surface area contributed by atoms with Gasteiger partial charge < -0.3 is 15.2 Å². The number of amides is 2. The first-order valence-electron chi connectivity index (χ1n) is 12.1. The second-order valence-electron chi connectivity index (χ2n) is 8.94. The second kappa shape index (κ2) is 10.9. The van der Waals surface area contributed by atoms with E-state index in [9.17, 15) is 20.1 Å². The number of aromatic nitrogens is 1. The fraction of sp³-hybridized carbons (Fsp3) is 0.172. The molecular weight excluding hydrogens is 518 g/mol. The van der Waals surface area contributed by atoms with Crippen LogP contribution >= 0.6 is 22.9 Å². The third-order valence-electron chi connectivity index (χ3n) is 6.44. The summed E-state index contributed by atoms with van der Waals surface area (Å²) in [7, 11) is 0. The maximum absolute atomic E-state index is 13.1. The number of carbonyl (C=O) groups excluding carboxylic acids is 2. The highest BCUT2D eigenvalue weighted by atomic mass is 35.5. The van der Waals surface area contributed by atoms with Gasteiger partial charge in [0, 0.05) is 38.3 Å². The maximum Gasteiger partial charge on any atom is 0.266 e. The van der Waals surface area contributed by atoms with Crippen LogP contribution in [0.25, 0.3) is 17.0 Å². The van der Waals surface area contributed by atoms with Gasteiger partial charge in [0.25, 0.3) is 5.91 Å². The number of fused-ring (bicyclic) bond motifs is 2. The second-order valence-corrected chi connectivity index (χ2v) is 10.5. The van der Waals surface area contributed by atoms with Gasteiger partial charge in [-0.3, -0.25) is 9.59 Å². The molecule has 9 heteroatoms. The van der Waals surface area contributed by atoms with Crippen molar-refractivity contribution in [3.05, 3.63) is 86.9 Å². The van der Waals surface area contributed by atoms with E-state index >= 15 is 0 Å². The first kappa shape index (κ1) is 25.3. The molecule has 0 radical (unpaired) electrons. The molecule has 7 nitrogen and oxygen atoms in total. The summed E-state index contributed by atoms with van der Waals surface area (Å²) < 4.78 is 1.78. The molecule has 188 valence electrons. The average Bonchev–Trinajstić information content (AvgIpc) is 3.45. The van der Waals surface area contributed by atoms with Crippen molar-refractivity contribution in [3.8, 4) is 12.1 Å². The van der Waals surface area contributed by atoms with E-state index in [4.69, 9.17) is 11.6 Å². The fourth-order valence-electron chi connectivity index (χ4n) is 4.66. The van der Waals surface area contributed by atoms with E-state index in [0.717, 1.165) is 47.0 Å². The molecule has 0 bridgehead atoms. The first-order chi connectivity index (χ1) is 18.5. The van der Waals surface area contributed by atoms with E-state index in [1.165, 1.54) is 17.4 Å². The summed E-state index contributed by atoms with van der Waals surface area (Å²) in [6.07, 6.45) is 7.09. The highest BCUT2D eigenvalue weighted by Gasteiger charge is 2.23. The number of rotatable bonds is 6. The standard InChI is InChI=1S/C29H22ClN5O2S/c30-20-9-11-21(12-10-20)33-27(36)17-35-16-19(22-5-1-3-7-25(22)35)13-18(14-31)28(37)34-29-24(15-32)23-6-2-4-8-26(23)38-29/h1,3,5,7,9-13,16H,2,4,6,8,17H2,(H,33,36)(H,34,37)/b18-13+. The average molecular weight is 540 g/mol. The number of hydrogen-bond donors (Lipinski definition) is 2. The lowest BCUT2D eigenvalue weighted by Crippen LogP contribution is -2.18. The summed E-state index contributed by atoms with van der Waals surface area (Å²) >= 11 is 7.34. The zero-order valence-electron chi connectivity index (χ0n) is 20.3. The summed E-state index contributed by atoms with van der Waals surface area (Å²) in [5, 5.41) is 27.0. The molecule has 0 saturated heterocycles. The van der Waals surface area contributed by atoms with Crippen LogP contribution in [0.3, 0.4) is 0 Å². The molecule has 1 aliphatic rings. The lowest BCUT2D eigenvalue weighted by atomic mass is 9.96. The van der Waals surface area contributed by atoms with Crippen LogP contribution in [0.2, 0.25) is 5.02 Å². The topological polar surface area (TPSA) is 111 Å². The Balaban J connectivity index is 1.40. The van der Waals surface area contributed by atoms with Crippen molar-refractivity contribution in [1.29, 1.82) is 10.5 Å². The summed E-state index contributed by atoms with van der Waals surface area (Å²) in [6.45, 7) is 0.0390. The Kier molecular flexibility index (Phi) is 7.28. The van der Waals surface area contributed by atoms with E-state index in [-0.39, 0.29) is 18.0 Å². The van der Waals surface area contributed by atoms with Gasteiger partial charge in [0.15, 0.2) is 0 Å². The van der Waals surface area contributed by atoms with Crippen LogP contribution in [0.15, 0.2) is 60.3 Å². The quantitative estimate of drug-likeness (QED) is 0.221. The normalized spacial score (nSPS) is 12.9.